The fourth-order valence-electron chi connectivity index (χ4n) is 0.660. The Balaban J connectivity index is 3.60. The monoisotopic (exact) mass is 214 g/mol. The van der Waals surface area contributed by atoms with Gasteiger partial charge in [0, 0.05) is 7.11 Å². The molecule has 0 aliphatic heterocycles. The highest BCUT2D eigenvalue weighted by Gasteiger charge is 2.39. The molecule has 1 atom stereocenters. The molecule has 0 saturated heterocycles. The van der Waals surface area contributed by atoms with E-state index in [1.54, 1.807) is 6.92 Å². The highest BCUT2D eigenvalue weighted by molar-refractivity contribution is 7.54. The highest BCUT2D eigenvalue weighted by atomic mass is 31.2. The van der Waals surface area contributed by atoms with Gasteiger partial charge in [0.15, 0.2) is 0 Å². The van der Waals surface area contributed by atoms with Gasteiger partial charge in [-0.1, -0.05) is 0 Å². The molecule has 0 aromatic heterocycles. The van der Waals surface area contributed by atoms with Crippen LogP contribution in [0.25, 0.3) is 0 Å². The molecule has 0 aliphatic carbocycles. The minimum atomic E-state index is -3.66. The van der Waals surface area contributed by atoms with E-state index in [0.717, 1.165) is 0 Å². The molecular weight excluding hydrogens is 197 g/mol. The number of ether oxygens (including phenoxy) is 1. The highest BCUT2D eigenvalue weighted by Crippen LogP contribution is 2.51. The van der Waals surface area contributed by atoms with Crippen molar-refractivity contribution in [2.75, 3.05) is 26.9 Å². The van der Waals surface area contributed by atoms with E-state index in [0.29, 0.717) is 6.61 Å². The lowest BCUT2D eigenvalue weighted by atomic mass is 10.4. The molecular formula is C6H17NO5P+. The molecule has 0 spiro atoms. The maximum atomic E-state index is 9.06. The van der Waals surface area contributed by atoms with Crippen molar-refractivity contribution in [1.29, 1.82) is 0 Å². The summed E-state index contributed by atoms with van der Waals surface area (Å²) in [5, 5.41) is 0. The third-order valence-electron chi connectivity index (χ3n) is 1.13. The molecule has 0 aliphatic rings. The Morgan fingerprint density at radius 1 is 1.31 bits per heavy atom. The van der Waals surface area contributed by atoms with Crippen LogP contribution < -0.4 is 5.73 Å². The predicted molar refractivity (Wildman–Crippen MR) is 48.8 cm³/mol. The molecule has 0 bridgehead atoms. The van der Waals surface area contributed by atoms with Crippen molar-refractivity contribution in [2.45, 2.75) is 13.0 Å². The molecule has 4 N–H and O–H groups in total. The molecule has 13 heavy (non-hydrogen) atoms. The van der Waals surface area contributed by atoms with Gasteiger partial charge < -0.3 is 10.5 Å². The lowest BCUT2D eigenvalue weighted by molar-refractivity contribution is 0.0958. The molecule has 0 saturated carbocycles. The zero-order valence-corrected chi connectivity index (χ0v) is 8.74. The van der Waals surface area contributed by atoms with Gasteiger partial charge in [0.05, 0.1) is 19.3 Å². The molecule has 0 rings (SSSR count). The number of hydrogen-bond donors (Lipinski definition) is 3. The molecule has 6 nitrogen and oxygen atoms in total. The van der Waals surface area contributed by atoms with Gasteiger partial charge in [-0.15, -0.1) is 0 Å². The van der Waals surface area contributed by atoms with Crippen LogP contribution in [-0.2, 0) is 13.8 Å². The van der Waals surface area contributed by atoms with Crippen LogP contribution in [0.5, 0.6) is 0 Å². The van der Waals surface area contributed by atoms with E-state index in [2.05, 4.69) is 9.05 Å². The van der Waals surface area contributed by atoms with E-state index in [1.807, 2.05) is 0 Å². The number of rotatable bonds is 7. The summed E-state index contributed by atoms with van der Waals surface area (Å²) in [7, 11) is -2.15. The van der Waals surface area contributed by atoms with Crippen LogP contribution in [0.3, 0.4) is 0 Å². The molecule has 0 radical (unpaired) electrons. The van der Waals surface area contributed by atoms with Crippen LogP contribution in [0, 0.1) is 0 Å². The van der Waals surface area contributed by atoms with Crippen LogP contribution in [0.4, 0.5) is 0 Å². The van der Waals surface area contributed by atoms with Gasteiger partial charge in [-0.3, -0.25) is 0 Å². The fraction of sp³-hybridized carbons (Fsp3) is 1.00. The van der Waals surface area contributed by atoms with Crippen LogP contribution >= 0.6 is 8.17 Å². The number of nitrogens with two attached hydrogens (primary N) is 1. The van der Waals surface area contributed by atoms with Gasteiger partial charge in [-0.05, 0) is 6.92 Å². The second kappa shape index (κ2) is 6.62. The summed E-state index contributed by atoms with van der Waals surface area (Å²) in [6.07, 6.45) is 0. The van der Waals surface area contributed by atoms with Crippen LogP contribution in [0.1, 0.15) is 6.92 Å². The van der Waals surface area contributed by atoms with Gasteiger partial charge in [0.25, 0.3) is 0 Å². The lowest BCUT2D eigenvalue weighted by Gasteiger charge is -2.11. The molecule has 80 valence electrons. The summed E-state index contributed by atoms with van der Waals surface area (Å²) in [4.78, 5) is 18.1. The molecule has 0 aromatic carbocycles. The minimum absolute atomic E-state index is 0.00534. The van der Waals surface area contributed by atoms with Crippen molar-refractivity contribution in [1.82, 2.24) is 0 Å². The summed E-state index contributed by atoms with van der Waals surface area (Å²) < 4.78 is 14.0. The Morgan fingerprint density at radius 3 is 2.38 bits per heavy atom. The first kappa shape index (κ1) is 13.2. The second-order valence-corrected chi connectivity index (χ2v) is 3.92. The van der Waals surface area contributed by atoms with E-state index in [1.165, 1.54) is 7.11 Å². The topological polar surface area (TPSA) is 94.2 Å². The lowest BCUT2D eigenvalue weighted by Crippen LogP contribution is -2.31. The van der Waals surface area contributed by atoms with Crippen LogP contribution in [-0.4, -0.2) is 42.8 Å². The fourth-order valence-corrected chi connectivity index (χ4v) is 1.46. The quantitative estimate of drug-likeness (QED) is 0.502. The van der Waals surface area contributed by atoms with Crippen LogP contribution in [0.2, 0.25) is 0 Å². The van der Waals surface area contributed by atoms with E-state index in [4.69, 9.17) is 20.3 Å². The Bertz CT molecular complexity index is 134. The maximum Gasteiger partial charge on any atom is 0.570 e. The molecule has 0 amide bonds. The first-order valence-electron chi connectivity index (χ1n) is 3.90. The van der Waals surface area contributed by atoms with E-state index >= 15 is 0 Å². The Morgan fingerprint density at radius 2 is 1.92 bits per heavy atom. The van der Waals surface area contributed by atoms with E-state index in [-0.39, 0.29) is 19.3 Å². The zero-order valence-electron chi connectivity index (χ0n) is 7.84. The molecule has 0 aromatic rings. The Kier molecular flexibility index (Phi) is 6.71. The summed E-state index contributed by atoms with van der Waals surface area (Å²) in [6, 6.07) is -0.385. The minimum Gasteiger partial charge on any atom is -0.383 e. The van der Waals surface area contributed by atoms with Crippen molar-refractivity contribution in [3.8, 4) is 0 Å². The SMILES string of the molecule is CCO[P+](O)(O)OCC(N)COC. The standard InChI is InChI=1S/C6H17NO5P/c1-3-11-13(8,9)12-5-6(7)4-10-2/h6,8-9H,3-5,7H2,1-2H3/q+1. The second-order valence-electron chi connectivity index (χ2n) is 2.42. The van der Waals surface area contributed by atoms with Crippen molar-refractivity contribution in [3.63, 3.8) is 0 Å². The smallest absolute Gasteiger partial charge is 0.383 e. The molecule has 1 unspecified atom stereocenters. The van der Waals surface area contributed by atoms with Gasteiger partial charge >= 0.3 is 8.17 Å². The third-order valence-corrected chi connectivity index (χ3v) is 2.21. The van der Waals surface area contributed by atoms with Gasteiger partial charge in [-0.2, -0.15) is 18.8 Å². The van der Waals surface area contributed by atoms with Gasteiger partial charge in [0.2, 0.25) is 0 Å². The summed E-state index contributed by atoms with van der Waals surface area (Å²) >= 11 is 0. The first-order chi connectivity index (χ1) is 6.02. The Hall–Kier alpha value is 0.190. The van der Waals surface area contributed by atoms with Crippen molar-refractivity contribution >= 4 is 8.17 Å². The first-order valence-corrected chi connectivity index (χ1v) is 5.43. The molecule has 0 heterocycles. The predicted octanol–water partition coefficient (Wildman–Crippen LogP) is -0.325. The molecule has 7 heteroatoms. The summed E-state index contributed by atoms with van der Waals surface area (Å²) in [6.45, 7) is 2.11. The maximum absolute atomic E-state index is 9.06. The van der Waals surface area contributed by atoms with Crippen molar-refractivity contribution < 1.29 is 23.6 Å². The Labute approximate surface area is 78.3 Å². The third kappa shape index (κ3) is 7.28. The zero-order chi connectivity index (χ0) is 10.3. The summed E-state index contributed by atoms with van der Waals surface area (Å²) in [5.74, 6) is 0. The van der Waals surface area contributed by atoms with Gasteiger partial charge in [0.1, 0.15) is 6.61 Å². The molecule has 0 fully saturated rings. The van der Waals surface area contributed by atoms with Crippen molar-refractivity contribution in [2.24, 2.45) is 5.73 Å². The normalized spacial score (nSPS) is 14.5. The largest absolute Gasteiger partial charge is 0.570 e. The summed E-state index contributed by atoms with van der Waals surface area (Å²) in [5.41, 5.74) is 5.48. The average molecular weight is 214 g/mol. The average Bonchev–Trinajstić information content (AvgIpc) is 2.02. The van der Waals surface area contributed by atoms with E-state index < -0.39 is 8.17 Å². The number of methoxy groups -OCH3 is 1. The van der Waals surface area contributed by atoms with E-state index in [9.17, 15) is 0 Å². The van der Waals surface area contributed by atoms with Crippen molar-refractivity contribution in [3.05, 3.63) is 0 Å². The van der Waals surface area contributed by atoms with Crippen LogP contribution in [0.15, 0.2) is 0 Å². The van der Waals surface area contributed by atoms with Gasteiger partial charge in [-0.25, -0.2) is 0 Å². The number of hydrogen-bond acceptors (Lipinski definition) is 6.